The predicted molar refractivity (Wildman–Crippen MR) is 73.2 cm³/mol. The zero-order chi connectivity index (χ0) is 13.1. The van der Waals surface area contributed by atoms with Crippen LogP contribution in [0.2, 0.25) is 0 Å². The SMILES string of the molecule is N#Cc1cnc2c(c1)CN(Cc1ccccc1)CC2. The van der Waals surface area contributed by atoms with Gasteiger partial charge in [-0.25, -0.2) is 0 Å². The summed E-state index contributed by atoms with van der Waals surface area (Å²) in [6.45, 7) is 2.87. The van der Waals surface area contributed by atoms with E-state index in [0.29, 0.717) is 5.56 Å². The van der Waals surface area contributed by atoms with Gasteiger partial charge in [-0.3, -0.25) is 9.88 Å². The molecule has 1 aromatic carbocycles. The van der Waals surface area contributed by atoms with Gasteiger partial charge in [0.05, 0.1) is 5.56 Å². The summed E-state index contributed by atoms with van der Waals surface area (Å²) in [6.07, 6.45) is 2.64. The summed E-state index contributed by atoms with van der Waals surface area (Å²) in [5, 5.41) is 8.94. The number of aromatic nitrogens is 1. The molecule has 3 rings (SSSR count). The molecular formula is C16H15N3. The molecule has 19 heavy (non-hydrogen) atoms. The molecule has 2 aromatic rings. The summed E-state index contributed by atoms with van der Waals surface area (Å²) >= 11 is 0. The third-order valence-corrected chi connectivity index (χ3v) is 3.50. The molecule has 3 heteroatoms. The highest BCUT2D eigenvalue weighted by Crippen LogP contribution is 2.19. The van der Waals surface area contributed by atoms with Crippen molar-refractivity contribution in [1.82, 2.24) is 9.88 Å². The smallest absolute Gasteiger partial charge is 0.101 e. The molecule has 0 unspecified atom stereocenters. The van der Waals surface area contributed by atoms with Crippen LogP contribution in [-0.4, -0.2) is 16.4 Å². The van der Waals surface area contributed by atoms with Crippen LogP contribution in [0.15, 0.2) is 42.6 Å². The van der Waals surface area contributed by atoms with E-state index in [1.54, 1.807) is 6.20 Å². The molecule has 0 amide bonds. The summed E-state index contributed by atoms with van der Waals surface area (Å²) in [7, 11) is 0. The van der Waals surface area contributed by atoms with Gasteiger partial charge in [0.1, 0.15) is 6.07 Å². The van der Waals surface area contributed by atoms with Crippen LogP contribution in [0.4, 0.5) is 0 Å². The number of benzene rings is 1. The third-order valence-electron chi connectivity index (χ3n) is 3.50. The number of hydrogen-bond acceptors (Lipinski definition) is 3. The molecule has 0 fully saturated rings. The lowest BCUT2D eigenvalue weighted by molar-refractivity contribution is 0.243. The molecule has 0 aliphatic carbocycles. The van der Waals surface area contributed by atoms with E-state index in [2.05, 4.69) is 40.2 Å². The highest BCUT2D eigenvalue weighted by atomic mass is 15.1. The Labute approximate surface area is 113 Å². The van der Waals surface area contributed by atoms with Gasteiger partial charge in [-0.2, -0.15) is 5.26 Å². The molecule has 1 aliphatic heterocycles. The second-order valence-electron chi connectivity index (χ2n) is 4.89. The van der Waals surface area contributed by atoms with Gasteiger partial charge in [0.25, 0.3) is 0 Å². The lowest BCUT2D eigenvalue weighted by atomic mass is 10.0. The molecular weight excluding hydrogens is 234 g/mol. The fourth-order valence-electron chi connectivity index (χ4n) is 2.52. The second kappa shape index (κ2) is 5.21. The normalized spacial score (nSPS) is 14.7. The van der Waals surface area contributed by atoms with E-state index in [-0.39, 0.29) is 0 Å². The van der Waals surface area contributed by atoms with Gasteiger partial charge in [-0.15, -0.1) is 0 Å². The second-order valence-corrected chi connectivity index (χ2v) is 4.89. The summed E-state index contributed by atoms with van der Waals surface area (Å²) in [6, 6.07) is 14.6. The number of pyridine rings is 1. The van der Waals surface area contributed by atoms with Crippen LogP contribution in [0.5, 0.6) is 0 Å². The molecule has 0 saturated heterocycles. The minimum atomic E-state index is 0.653. The van der Waals surface area contributed by atoms with Crippen LogP contribution < -0.4 is 0 Å². The Bertz CT molecular complexity index is 614. The maximum Gasteiger partial charge on any atom is 0.101 e. The Morgan fingerprint density at radius 1 is 1.26 bits per heavy atom. The van der Waals surface area contributed by atoms with Crippen LogP contribution in [0.3, 0.4) is 0 Å². The number of nitrogens with zero attached hydrogens (tertiary/aromatic N) is 3. The van der Waals surface area contributed by atoms with Gasteiger partial charge in [0.2, 0.25) is 0 Å². The van der Waals surface area contributed by atoms with Crippen molar-refractivity contribution in [1.29, 1.82) is 5.26 Å². The van der Waals surface area contributed by atoms with Crippen molar-refractivity contribution < 1.29 is 0 Å². The van der Waals surface area contributed by atoms with E-state index in [0.717, 1.165) is 31.7 Å². The Kier molecular flexibility index (Phi) is 3.26. The van der Waals surface area contributed by atoms with Crippen LogP contribution in [0.1, 0.15) is 22.4 Å². The largest absolute Gasteiger partial charge is 0.294 e. The summed E-state index contributed by atoms with van der Waals surface area (Å²) in [4.78, 5) is 6.79. The summed E-state index contributed by atoms with van der Waals surface area (Å²) in [5.74, 6) is 0. The third kappa shape index (κ3) is 2.64. The molecule has 1 aliphatic rings. The first-order valence-corrected chi connectivity index (χ1v) is 6.49. The zero-order valence-electron chi connectivity index (χ0n) is 10.7. The quantitative estimate of drug-likeness (QED) is 0.821. The van der Waals surface area contributed by atoms with E-state index in [1.165, 1.54) is 11.1 Å². The average Bonchev–Trinajstić information content (AvgIpc) is 2.47. The van der Waals surface area contributed by atoms with Crippen LogP contribution in [0, 0.1) is 11.3 Å². The first-order chi connectivity index (χ1) is 9.35. The van der Waals surface area contributed by atoms with Gasteiger partial charge in [0, 0.05) is 37.9 Å². The van der Waals surface area contributed by atoms with Crippen molar-refractivity contribution >= 4 is 0 Å². The summed E-state index contributed by atoms with van der Waals surface area (Å²) in [5.41, 5.74) is 4.32. The molecule has 0 spiro atoms. The van der Waals surface area contributed by atoms with Crippen LogP contribution in [-0.2, 0) is 19.5 Å². The van der Waals surface area contributed by atoms with Gasteiger partial charge < -0.3 is 0 Å². The monoisotopic (exact) mass is 249 g/mol. The fourth-order valence-corrected chi connectivity index (χ4v) is 2.52. The van der Waals surface area contributed by atoms with Crippen LogP contribution >= 0.6 is 0 Å². The van der Waals surface area contributed by atoms with E-state index < -0.39 is 0 Å². The minimum Gasteiger partial charge on any atom is -0.294 e. The maximum absolute atomic E-state index is 8.94. The lowest BCUT2D eigenvalue weighted by Crippen LogP contribution is -2.30. The fraction of sp³-hybridized carbons (Fsp3) is 0.250. The van der Waals surface area contributed by atoms with Crippen molar-refractivity contribution in [3.8, 4) is 6.07 Å². The maximum atomic E-state index is 8.94. The Balaban J connectivity index is 1.76. The van der Waals surface area contributed by atoms with E-state index in [1.807, 2.05) is 12.1 Å². The molecule has 0 atom stereocenters. The molecule has 1 aromatic heterocycles. The van der Waals surface area contributed by atoms with Gasteiger partial charge >= 0.3 is 0 Å². The van der Waals surface area contributed by atoms with Crippen LogP contribution in [0.25, 0.3) is 0 Å². The average molecular weight is 249 g/mol. The van der Waals surface area contributed by atoms with Gasteiger partial charge in [-0.1, -0.05) is 30.3 Å². The highest BCUT2D eigenvalue weighted by molar-refractivity contribution is 5.34. The van der Waals surface area contributed by atoms with Crippen molar-refractivity contribution in [2.45, 2.75) is 19.5 Å². The summed E-state index contributed by atoms with van der Waals surface area (Å²) < 4.78 is 0. The van der Waals surface area contributed by atoms with Crippen molar-refractivity contribution in [2.24, 2.45) is 0 Å². The van der Waals surface area contributed by atoms with Gasteiger partial charge in [-0.05, 0) is 17.2 Å². The molecule has 94 valence electrons. The van der Waals surface area contributed by atoms with E-state index >= 15 is 0 Å². The van der Waals surface area contributed by atoms with E-state index in [9.17, 15) is 0 Å². The Hall–Kier alpha value is -2.18. The standard InChI is InChI=1S/C16H15N3/c17-9-14-8-15-12-19(7-6-16(15)18-10-14)11-13-4-2-1-3-5-13/h1-5,8,10H,6-7,11-12H2. The molecule has 2 heterocycles. The molecule has 0 saturated carbocycles. The van der Waals surface area contributed by atoms with Crippen molar-refractivity contribution in [2.75, 3.05) is 6.54 Å². The molecule has 0 bridgehead atoms. The van der Waals surface area contributed by atoms with Gasteiger partial charge in [0.15, 0.2) is 0 Å². The number of rotatable bonds is 2. The first kappa shape index (κ1) is 11.9. The predicted octanol–water partition coefficient (Wildman–Crippen LogP) is 2.51. The minimum absolute atomic E-state index is 0.653. The molecule has 0 N–H and O–H groups in total. The van der Waals surface area contributed by atoms with E-state index in [4.69, 9.17) is 5.26 Å². The molecule has 3 nitrogen and oxygen atoms in total. The zero-order valence-corrected chi connectivity index (χ0v) is 10.7. The Morgan fingerprint density at radius 3 is 2.89 bits per heavy atom. The van der Waals surface area contributed by atoms with Crippen molar-refractivity contribution in [3.05, 3.63) is 65.0 Å². The number of fused-ring (bicyclic) bond motifs is 1. The number of nitriles is 1. The highest BCUT2D eigenvalue weighted by Gasteiger charge is 2.17. The molecule has 0 radical (unpaired) electrons. The Morgan fingerprint density at radius 2 is 2.11 bits per heavy atom. The first-order valence-electron chi connectivity index (χ1n) is 6.49. The topological polar surface area (TPSA) is 39.9 Å². The number of hydrogen-bond donors (Lipinski definition) is 0. The van der Waals surface area contributed by atoms with Crippen molar-refractivity contribution in [3.63, 3.8) is 0 Å². The lowest BCUT2D eigenvalue weighted by Gasteiger charge is -2.28.